The van der Waals surface area contributed by atoms with Crippen LogP contribution in [-0.4, -0.2) is 52.9 Å². The third-order valence-corrected chi connectivity index (χ3v) is 2.65. The Kier molecular flexibility index (Phi) is 7.64. The molecule has 0 amide bonds. The molecule has 0 spiro atoms. The van der Waals surface area contributed by atoms with Gasteiger partial charge in [-0.3, -0.25) is 0 Å². The summed E-state index contributed by atoms with van der Waals surface area (Å²) >= 11 is 0. The van der Waals surface area contributed by atoms with Crippen LogP contribution in [0.25, 0.3) is 0 Å². The second-order valence-corrected chi connectivity index (χ2v) is 4.27. The molecule has 1 heterocycles. The van der Waals surface area contributed by atoms with Crippen LogP contribution in [0.5, 0.6) is 6.01 Å². The molecule has 7 nitrogen and oxygen atoms in total. The van der Waals surface area contributed by atoms with Crippen molar-refractivity contribution in [3.63, 3.8) is 0 Å². The fourth-order valence-electron chi connectivity index (χ4n) is 1.70. The lowest BCUT2D eigenvalue weighted by Crippen LogP contribution is -2.30. The lowest BCUT2D eigenvalue weighted by Gasteiger charge is -2.22. The minimum Gasteiger partial charge on any atom is -0.464 e. The van der Waals surface area contributed by atoms with Crippen LogP contribution >= 0.6 is 0 Å². The number of aliphatic hydroxyl groups excluding tert-OH is 1. The van der Waals surface area contributed by atoms with Crippen molar-refractivity contribution in [2.24, 2.45) is 0 Å². The van der Waals surface area contributed by atoms with Gasteiger partial charge in [-0.15, -0.1) is 0 Å². The first-order chi connectivity index (χ1) is 9.74. The topological polar surface area (TPSA) is 83.4 Å². The highest BCUT2D eigenvalue weighted by atomic mass is 16.5. The molecule has 0 aliphatic rings. The smallest absolute Gasteiger partial charge is 0.323 e. The molecular weight excluding hydrogens is 258 g/mol. The zero-order valence-electron chi connectivity index (χ0n) is 12.6. The SMILES string of the molecule is CCCCN(CCO)c1nc(NCC)nc(OCC)n1. The average Bonchev–Trinajstić information content (AvgIpc) is 2.44. The molecule has 0 aromatic carbocycles. The first-order valence-electron chi connectivity index (χ1n) is 7.23. The highest BCUT2D eigenvalue weighted by molar-refractivity contribution is 5.38. The van der Waals surface area contributed by atoms with Gasteiger partial charge in [0.15, 0.2) is 0 Å². The maximum atomic E-state index is 9.18. The second kappa shape index (κ2) is 9.30. The van der Waals surface area contributed by atoms with E-state index in [1.165, 1.54) is 0 Å². The van der Waals surface area contributed by atoms with Crippen LogP contribution in [0.3, 0.4) is 0 Å². The van der Waals surface area contributed by atoms with E-state index in [1.807, 2.05) is 18.7 Å². The quantitative estimate of drug-likeness (QED) is 0.669. The molecule has 0 aliphatic carbocycles. The number of nitrogens with zero attached hydrogens (tertiary/aromatic N) is 4. The molecule has 1 aromatic rings. The molecule has 1 rings (SSSR count). The second-order valence-electron chi connectivity index (χ2n) is 4.27. The Hall–Kier alpha value is -1.63. The van der Waals surface area contributed by atoms with E-state index in [1.54, 1.807) is 0 Å². The molecule has 0 unspecified atom stereocenters. The van der Waals surface area contributed by atoms with Crippen molar-refractivity contribution in [1.82, 2.24) is 15.0 Å². The monoisotopic (exact) mass is 283 g/mol. The molecule has 0 bridgehead atoms. The fourth-order valence-corrected chi connectivity index (χ4v) is 1.70. The van der Waals surface area contributed by atoms with Gasteiger partial charge in [0.1, 0.15) is 0 Å². The van der Waals surface area contributed by atoms with Crippen LogP contribution in [0.2, 0.25) is 0 Å². The van der Waals surface area contributed by atoms with Crippen molar-refractivity contribution in [1.29, 1.82) is 0 Å². The number of hydrogen-bond donors (Lipinski definition) is 2. The number of rotatable bonds is 10. The normalized spacial score (nSPS) is 10.4. The Labute approximate surface area is 120 Å². The predicted molar refractivity (Wildman–Crippen MR) is 79.4 cm³/mol. The zero-order valence-corrected chi connectivity index (χ0v) is 12.6. The zero-order chi connectivity index (χ0) is 14.8. The van der Waals surface area contributed by atoms with Crippen LogP contribution in [0.1, 0.15) is 33.6 Å². The minimum absolute atomic E-state index is 0.0654. The Morgan fingerprint density at radius 1 is 1.15 bits per heavy atom. The third-order valence-electron chi connectivity index (χ3n) is 2.65. The lowest BCUT2D eigenvalue weighted by atomic mass is 10.3. The molecule has 1 aromatic heterocycles. The van der Waals surface area contributed by atoms with Gasteiger partial charge >= 0.3 is 6.01 Å². The van der Waals surface area contributed by atoms with Gasteiger partial charge in [-0.1, -0.05) is 13.3 Å². The first kappa shape index (κ1) is 16.4. The van der Waals surface area contributed by atoms with Crippen LogP contribution < -0.4 is 15.0 Å². The Morgan fingerprint density at radius 3 is 2.55 bits per heavy atom. The van der Waals surface area contributed by atoms with Crippen molar-refractivity contribution < 1.29 is 9.84 Å². The summed E-state index contributed by atoms with van der Waals surface area (Å²) in [6, 6.07) is 0.313. The summed E-state index contributed by atoms with van der Waals surface area (Å²) in [7, 11) is 0. The van der Waals surface area contributed by atoms with E-state index in [0.29, 0.717) is 31.1 Å². The van der Waals surface area contributed by atoms with E-state index in [2.05, 4.69) is 27.2 Å². The summed E-state index contributed by atoms with van der Waals surface area (Å²) < 4.78 is 5.37. The van der Waals surface area contributed by atoms with E-state index in [0.717, 1.165) is 25.9 Å². The number of aromatic nitrogens is 3. The number of hydrogen-bond acceptors (Lipinski definition) is 7. The van der Waals surface area contributed by atoms with Crippen molar-refractivity contribution >= 4 is 11.9 Å². The molecular formula is C13H25N5O2. The van der Waals surface area contributed by atoms with Gasteiger partial charge in [-0.25, -0.2) is 0 Å². The van der Waals surface area contributed by atoms with Gasteiger partial charge in [0.2, 0.25) is 11.9 Å². The fraction of sp³-hybridized carbons (Fsp3) is 0.769. The van der Waals surface area contributed by atoms with Gasteiger partial charge in [0.25, 0.3) is 0 Å². The van der Waals surface area contributed by atoms with Crippen LogP contribution in [0, 0.1) is 0 Å². The summed E-state index contributed by atoms with van der Waals surface area (Å²) in [5.41, 5.74) is 0. The van der Waals surface area contributed by atoms with Gasteiger partial charge < -0.3 is 20.1 Å². The maximum absolute atomic E-state index is 9.18. The molecule has 0 saturated carbocycles. The molecule has 20 heavy (non-hydrogen) atoms. The summed E-state index contributed by atoms with van der Waals surface area (Å²) in [4.78, 5) is 14.8. The number of anilines is 2. The van der Waals surface area contributed by atoms with Gasteiger partial charge in [-0.05, 0) is 20.3 Å². The average molecular weight is 283 g/mol. The molecule has 114 valence electrons. The van der Waals surface area contributed by atoms with Gasteiger partial charge in [0, 0.05) is 19.6 Å². The van der Waals surface area contributed by atoms with Gasteiger partial charge in [-0.2, -0.15) is 15.0 Å². The molecule has 0 atom stereocenters. The summed E-state index contributed by atoms with van der Waals surface area (Å²) in [5.74, 6) is 1.04. The van der Waals surface area contributed by atoms with E-state index in [9.17, 15) is 5.11 Å². The number of nitrogens with one attached hydrogen (secondary N) is 1. The van der Waals surface area contributed by atoms with Crippen molar-refractivity contribution in [2.75, 3.05) is 43.1 Å². The van der Waals surface area contributed by atoms with E-state index in [-0.39, 0.29) is 6.61 Å². The van der Waals surface area contributed by atoms with Crippen LogP contribution in [0.15, 0.2) is 0 Å². The molecule has 0 radical (unpaired) electrons. The standard InChI is InChI=1S/C13H25N5O2/c1-4-7-8-18(9-10-19)12-15-11(14-5-2)16-13(17-12)20-6-3/h19H,4-10H2,1-3H3,(H,14,15,16,17). The largest absolute Gasteiger partial charge is 0.464 e. The lowest BCUT2D eigenvalue weighted by molar-refractivity contribution is 0.298. The van der Waals surface area contributed by atoms with E-state index < -0.39 is 0 Å². The number of ether oxygens (including phenoxy) is 1. The minimum atomic E-state index is 0.0654. The third kappa shape index (κ3) is 5.16. The van der Waals surface area contributed by atoms with Crippen LogP contribution in [-0.2, 0) is 0 Å². The molecule has 2 N–H and O–H groups in total. The predicted octanol–water partition coefficient (Wildman–Crippen LogP) is 1.30. The Bertz CT molecular complexity index is 365. The molecule has 0 fully saturated rings. The summed E-state index contributed by atoms with van der Waals surface area (Å²) in [5, 5.41) is 12.3. The van der Waals surface area contributed by atoms with Crippen molar-refractivity contribution in [3.8, 4) is 6.01 Å². The highest BCUT2D eigenvalue weighted by Gasteiger charge is 2.13. The molecule has 0 aliphatic heterocycles. The maximum Gasteiger partial charge on any atom is 0.323 e. The highest BCUT2D eigenvalue weighted by Crippen LogP contribution is 2.15. The Morgan fingerprint density at radius 2 is 1.95 bits per heavy atom. The number of unbranched alkanes of at least 4 members (excludes halogenated alkanes) is 1. The molecule has 7 heteroatoms. The van der Waals surface area contributed by atoms with E-state index in [4.69, 9.17) is 4.74 Å². The molecule has 0 saturated heterocycles. The van der Waals surface area contributed by atoms with E-state index >= 15 is 0 Å². The summed E-state index contributed by atoms with van der Waals surface area (Å²) in [6.07, 6.45) is 2.09. The van der Waals surface area contributed by atoms with Gasteiger partial charge in [0.05, 0.1) is 13.2 Å². The number of aliphatic hydroxyl groups is 1. The first-order valence-corrected chi connectivity index (χ1v) is 7.23. The van der Waals surface area contributed by atoms with Crippen LogP contribution in [0.4, 0.5) is 11.9 Å². The van der Waals surface area contributed by atoms with Crippen molar-refractivity contribution in [2.45, 2.75) is 33.6 Å². The van der Waals surface area contributed by atoms with Crippen molar-refractivity contribution in [3.05, 3.63) is 0 Å². The Balaban J connectivity index is 2.97. The summed E-state index contributed by atoms with van der Waals surface area (Å²) in [6.45, 7) is 8.59.